The molecule has 2 atom stereocenters. The maximum atomic E-state index is 13.5. The molecule has 0 aromatic heterocycles. The maximum Gasteiger partial charge on any atom is 0.337 e. The zero-order valence-corrected chi connectivity index (χ0v) is 20.3. The first-order valence-corrected chi connectivity index (χ1v) is 11.8. The van der Waals surface area contributed by atoms with Crippen molar-refractivity contribution in [3.8, 4) is 0 Å². The van der Waals surface area contributed by atoms with Gasteiger partial charge in [-0.25, -0.2) is 9.59 Å². The van der Waals surface area contributed by atoms with Crippen LogP contribution in [-0.4, -0.2) is 48.1 Å². The van der Waals surface area contributed by atoms with Crippen molar-refractivity contribution in [2.24, 2.45) is 0 Å². The third kappa shape index (κ3) is 5.63. The number of hydrogen-bond donors (Lipinski definition) is 1. The van der Waals surface area contributed by atoms with Gasteiger partial charge in [-0.15, -0.1) is 0 Å². The second-order valence-electron chi connectivity index (χ2n) is 8.95. The minimum absolute atomic E-state index is 0.135. The van der Waals surface area contributed by atoms with E-state index in [0.717, 1.165) is 25.9 Å². The first kappa shape index (κ1) is 25.1. The summed E-state index contributed by atoms with van der Waals surface area (Å²) in [5.74, 6) is -2.06. The fourth-order valence-corrected chi connectivity index (χ4v) is 4.76. The lowest BCUT2D eigenvalue weighted by Gasteiger charge is -2.34. The molecule has 2 aliphatic heterocycles. The van der Waals surface area contributed by atoms with Gasteiger partial charge in [-0.2, -0.15) is 0 Å². The molecule has 0 unspecified atom stereocenters. The van der Waals surface area contributed by atoms with Crippen LogP contribution >= 0.6 is 0 Å². The number of carbonyl (C=O) groups excluding carboxylic acids is 2. The average Bonchev–Trinajstić information content (AvgIpc) is 2.88. The summed E-state index contributed by atoms with van der Waals surface area (Å²) in [6, 6.07) is 16.1. The predicted octanol–water partition coefficient (Wildman–Crippen LogP) is 3.82. The minimum atomic E-state index is -0.866. The molecule has 0 radical (unpaired) electrons. The zero-order chi connectivity index (χ0) is 25.7. The molecule has 2 aromatic carbocycles. The summed E-state index contributed by atoms with van der Waals surface area (Å²) in [5.41, 5.74) is 2.41. The number of allylic oxidation sites excluding steroid dienone is 1. The highest BCUT2D eigenvalue weighted by molar-refractivity contribution is 5.99. The molecule has 2 heterocycles. The molecular weight excluding hydrogens is 462 g/mol. The van der Waals surface area contributed by atoms with E-state index >= 15 is 0 Å². The number of benzene rings is 2. The Labute approximate surface area is 209 Å². The van der Waals surface area contributed by atoms with Crippen molar-refractivity contribution in [2.45, 2.75) is 38.3 Å². The van der Waals surface area contributed by atoms with E-state index < -0.39 is 22.8 Å². The number of carbonyl (C=O) groups is 2. The number of ether oxygens (including phenoxy) is 2. The summed E-state index contributed by atoms with van der Waals surface area (Å²) in [5, 5.41) is 14.4. The number of likely N-dealkylation sites (tertiary alicyclic amines) is 1. The number of nitrogens with one attached hydrogen (secondary N) is 1. The number of piperidine rings is 1. The van der Waals surface area contributed by atoms with Crippen LogP contribution in [0.5, 0.6) is 0 Å². The number of nitro groups is 1. The molecule has 2 aromatic rings. The van der Waals surface area contributed by atoms with Crippen LogP contribution in [0, 0.1) is 10.1 Å². The lowest BCUT2D eigenvalue weighted by molar-refractivity contribution is -0.384. The Bertz CT molecular complexity index is 1210. The van der Waals surface area contributed by atoms with Crippen LogP contribution in [0.4, 0.5) is 5.69 Å². The van der Waals surface area contributed by atoms with Crippen molar-refractivity contribution in [1.29, 1.82) is 0 Å². The largest absolute Gasteiger partial charge is 0.466 e. The summed E-state index contributed by atoms with van der Waals surface area (Å²) < 4.78 is 10.9. The van der Waals surface area contributed by atoms with E-state index in [1.54, 1.807) is 13.0 Å². The number of dihydropyridines is 1. The third-order valence-corrected chi connectivity index (χ3v) is 6.49. The highest BCUT2D eigenvalue weighted by Gasteiger charge is 2.37. The standard InChI is InChI=1S/C27H29N3O6/c1-18-24(27(32)36-22-12-7-13-29(17-22)16-19-8-4-3-5-9-19)25(23(15-28-18)26(31)35-2)20-10-6-11-21(14-20)30(33)34/h3-6,8-11,14-15,22,25,28H,7,12-13,16-17H2,1-2H3/t22-,25-/m1/s1. The zero-order valence-electron chi connectivity index (χ0n) is 20.3. The molecule has 9 nitrogen and oxygen atoms in total. The summed E-state index contributed by atoms with van der Waals surface area (Å²) in [7, 11) is 1.25. The monoisotopic (exact) mass is 491 g/mol. The van der Waals surface area contributed by atoms with Crippen molar-refractivity contribution >= 4 is 17.6 Å². The molecule has 0 bridgehead atoms. The fraction of sp³-hybridized carbons (Fsp3) is 0.333. The molecule has 0 spiro atoms. The van der Waals surface area contributed by atoms with Crippen molar-refractivity contribution in [2.75, 3.05) is 20.2 Å². The molecule has 1 N–H and O–H groups in total. The van der Waals surface area contributed by atoms with Crippen LogP contribution in [-0.2, 0) is 25.6 Å². The minimum Gasteiger partial charge on any atom is -0.466 e. The number of rotatable bonds is 7. The summed E-state index contributed by atoms with van der Waals surface area (Å²) >= 11 is 0. The quantitative estimate of drug-likeness (QED) is 0.354. The molecule has 2 aliphatic rings. The van der Waals surface area contributed by atoms with Crippen molar-refractivity contribution in [1.82, 2.24) is 10.2 Å². The first-order chi connectivity index (χ1) is 17.4. The molecule has 0 amide bonds. The third-order valence-electron chi connectivity index (χ3n) is 6.49. The molecule has 1 saturated heterocycles. The summed E-state index contributed by atoms with van der Waals surface area (Å²) in [6.45, 7) is 4.00. The van der Waals surface area contributed by atoms with E-state index in [2.05, 4.69) is 22.3 Å². The van der Waals surface area contributed by atoms with E-state index in [1.807, 2.05) is 18.2 Å². The van der Waals surface area contributed by atoms with Gasteiger partial charge in [0.15, 0.2) is 0 Å². The van der Waals surface area contributed by atoms with Crippen molar-refractivity contribution in [3.63, 3.8) is 0 Å². The second-order valence-corrected chi connectivity index (χ2v) is 8.95. The highest BCUT2D eigenvalue weighted by Crippen LogP contribution is 2.38. The Kier molecular flexibility index (Phi) is 7.80. The van der Waals surface area contributed by atoms with Gasteiger partial charge >= 0.3 is 11.9 Å². The van der Waals surface area contributed by atoms with Gasteiger partial charge in [0.2, 0.25) is 0 Å². The van der Waals surface area contributed by atoms with E-state index in [4.69, 9.17) is 9.47 Å². The Morgan fingerprint density at radius 3 is 2.64 bits per heavy atom. The topological polar surface area (TPSA) is 111 Å². The van der Waals surface area contributed by atoms with Crippen molar-refractivity contribution < 1.29 is 24.0 Å². The molecule has 1 fully saturated rings. The Morgan fingerprint density at radius 2 is 1.92 bits per heavy atom. The Hall–Kier alpha value is -3.98. The van der Waals surface area contributed by atoms with E-state index in [9.17, 15) is 19.7 Å². The van der Waals surface area contributed by atoms with Gasteiger partial charge in [-0.05, 0) is 37.4 Å². The van der Waals surface area contributed by atoms with Gasteiger partial charge in [0, 0.05) is 37.1 Å². The van der Waals surface area contributed by atoms with Gasteiger partial charge in [0.25, 0.3) is 5.69 Å². The lowest BCUT2D eigenvalue weighted by Crippen LogP contribution is -2.41. The predicted molar refractivity (Wildman–Crippen MR) is 133 cm³/mol. The van der Waals surface area contributed by atoms with Gasteiger partial charge in [-0.1, -0.05) is 42.5 Å². The molecular formula is C27H29N3O6. The van der Waals surface area contributed by atoms with E-state index in [0.29, 0.717) is 17.8 Å². The number of non-ortho nitro benzene ring substituents is 1. The number of nitro benzene ring substituents is 1. The second kappa shape index (κ2) is 11.2. The van der Waals surface area contributed by atoms with E-state index in [-0.39, 0.29) is 22.9 Å². The molecule has 36 heavy (non-hydrogen) atoms. The van der Waals surface area contributed by atoms with Crippen LogP contribution in [0.3, 0.4) is 0 Å². The number of nitrogens with zero attached hydrogens (tertiary/aromatic N) is 2. The van der Waals surface area contributed by atoms with Crippen LogP contribution in [0.1, 0.15) is 36.8 Å². The molecule has 188 valence electrons. The van der Waals surface area contributed by atoms with Gasteiger partial charge in [0.05, 0.1) is 29.1 Å². The number of esters is 2. The number of methoxy groups -OCH3 is 1. The lowest BCUT2D eigenvalue weighted by atomic mass is 9.82. The van der Waals surface area contributed by atoms with E-state index in [1.165, 1.54) is 37.1 Å². The Morgan fingerprint density at radius 1 is 1.14 bits per heavy atom. The smallest absolute Gasteiger partial charge is 0.337 e. The molecule has 9 heteroatoms. The number of hydrogen-bond acceptors (Lipinski definition) is 8. The summed E-state index contributed by atoms with van der Waals surface area (Å²) in [6.07, 6.45) is 2.79. The maximum absolute atomic E-state index is 13.5. The first-order valence-electron chi connectivity index (χ1n) is 11.8. The fourth-order valence-electron chi connectivity index (χ4n) is 4.76. The average molecular weight is 492 g/mol. The summed E-state index contributed by atoms with van der Waals surface area (Å²) in [4.78, 5) is 39.3. The van der Waals surface area contributed by atoms with Crippen LogP contribution in [0.25, 0.3) is 0 Å². The molecule has 0 saturated carbocycles. The van der Waals surface area contributed by atoms with Crippen LogP contribution in [0.15, 0.2) is 77.6 Å². The van der Waals surface area contributed by atoms with Crippen molar-refractivity contribution in [3.05, 3.63) is 98.9 Å². The normalized spacial score (nSPS) is 20.2. The van der Waals surface area contributed by atoms with Crippen LogP contribution in [0.2, 0.25) is 0 Å². The Balaban J connectivity index is 1.58. The molecule has 4 rings (SSSR count). The van der Waals surface area contributed by atoms with Gasteiger partial charge < -0.3 is 14.8 Å². The van der Waals surface area contributed by atoms with Gasteiger partial charge in [0.1, 0.15) is 6.10 Å². The highest BCUT2D eigenvalue weighted by atomic mass is 16.6. The van der Waals surface area contributed by atoms with Crippen LogP contribution < -0.4 is 5.32 Å². The van der Waals surface area contributed by atoms with Gasteiger partial charge in [-0.3, -0.25) is 15.0 Å². The SMILES string of the molecule is COC(=O)C1=CNC(C)=C(C(=O)O[C@@H]2CCCN(Cc3ccccc3)C2)[C@@H]1c1cccc([N+](=O)[O-])c1. The molecule has 0 aliphatic carbocycles.